The van der Waals surface area contributed by atoms with Gasteiger partial charge in [-0.05, 0) is 22.9 Å². The number of nitrogens with zero attached hydrogens (tertiary/aromatic N) is 2. The second-order valence-electron chi connectivity index (χ2n) is 4.03. The molecule has 0 unspecified atom stereocenters. The first-order chi connectivity index (χ1) is 8.93. The van der Waals surface area contributed by atoms with Gasteiger partial charge in [0.05, 0.1) is 5.69 Å². The summed E-state index contributed by atoms with van der Waals surface area (Å²) < 4.78 is 0. The fraction of sp³-hybridized carbons (Fsp3) is 0. The number of hydrogen-bond acceptors (Lipinski definition) is 2. The van der Waals surface area contributed by atoms with E-state index in [1.54, 1.807) is 12.4 Å². The molecule has 0 spiro atoms. The van der Waals surface area contributed by atoms with Crippen LogP contribution < -0.4 is 0 Å². The topological polar surface area (TPSA) is 25.2 Å². The molecule has 0 radical (unpaired) electrons. The molecular formula is C16H12N2. The summed E-state index contributed by atoms with van der Waals surface area (Å²) in [6.45, 7) is 0. The highest BCUT2D eigenvalue weighted by Gasteiger charge is 1.96. The van der Waals surface area contributed by atoms with Crippen LogP contribution in [-0.2, 0) is 0 Å². The minimum absolute atomic E-state index is 0.915. The Labute approximate surface area is 106 Å². The van der Waals surface area contributed by atoms with E-state index < -0.39 is 0 Å². The zero-order chi connectivity index (χ0) is 12.2. The van der Waals surface area contributed by atoms with Crippen molar-refractivity contribution in [3.05, 3.63) is 72.6 Å². The summed E-state index contributed by atoms with van der Waals surface area (Å²) in [4.78, 5) is 8.44. The van der Waals surface area contributed by atoms with Crippen LogP contribution in [0, 0.1) is 0 Å². The number of benzene rings is 2. The molecular weight excluding hydrogens is 220 g/mol. The van der Waals surface area contributed by atoms with Crippen molar-refractivity contribution >= 4 is 22.7 Å². The highest BCUT2D eigenvalue weighted by molar-refractivity contribution is 6.00. The van der Waals surface area contributed by atoms with Crippen LogP contribution in [0.15, 0.2) is 72.0 Å². The van der Waals surface area contributed by atoms with Crippen molar-refractivity contribution in [2.24, 2.45) is 4.99 Å². The number of aromatic nitrogens is 1. The predicted octanol–water partition coefficient (Wildman–Crippen LogP) is 3.99. The lowest BCUT2D eigenvalue weighted by Crippen LogP contribution is -1.83. The van der Waals surface area contributed by atoms with E-state index in [4.69, 9.17) is 0 Å². The van der Waals surface area contributed by atoms with Crippen molar-refractivity contribution in [1.29, 1.82) is 0 Å². The molecule has 2 heteroatoms. The Kier molecular flexibility index (Phi) is 2.84. The normalized spacial score (nSPS) is 11.1. The highest BCUT2D eigenvalue weighted by Crippen LogP contribution is 2.18. The van der Waals surface area contributed by atoms with Gasteiger partial charge in [0.15, 0.2) is 0 Å². The second kappa shape index (κ2) is 4.80. The maximum atomic E-state index is 4.46. The molecule has 0 bridgehead atoms. The van der Waals surface area contributed by atoms with Crippen LogP contribution in [0.4, 0.5) is 5.69 Å². The fourth-order valence-electron chi connectivity index (χ4n) is 1.94. The van der Waals surface area contributed by atoms with E-state index in [2.05, 4.69) is 40.3 Å². The Bertz CT molecular complexity index is 682. The van der Waals surface area contributed by atoms with Crippen molar-refractivity contribution in [2.75, 3.05) is 0 Å². The van der Waals surface area contributed by atoms with Crippen LogP contribution in [0.5, 0.6) is 0 Å². The number of pyridine rings is 1. The lowest BCUT2D eigenvalue weighted by atomic mass is 10.1. The third-order valence-electron chi connectivity index (χ3n) is 2.84. The summed E-state index contributed by atoms with van der Waals surface area (Å²) in [5, 5.41) is 2.45. The molecule has 3 rings (SSSR count). The second-order valence-corrected chi connectivity index (χ2v) is 4.03. The Balaban J connectivity index is 2.03. The minimum atomic E-state index is 0.915. The molecule has 0 saturated carbocycles. The molecule has 0 atom stereocenters. The Hall–Kier alpha value is -2.48. The Morgan fingerprint density at radius 1 is 0.833 bits per heavy atom. The maximum Gasteiger partial charge on any atom is 0.0660 e. The van der Waals surface area contributed by atoms with Crippen LogP contribution in [-0.4, -0.2) is 11.2 Å². The largest absolute Gasteiger partial charge is 0.265 e. The highest BCUT2D eigenvalue weighted by atomic mass is 14.7. The van der Waals surface area contributed by atoms with Crippen LogP contribution in [0.1, 0.15) is 5.56 Å². The van der Waals surface area contributed by atoms with E-state index >= 15 is 0 Å². The molecule has 2 aromatic carbocycles. The molecule has 0 aliphatic heterocycles. The first-order valence-corrected chi connectivity index (χ1v) is 5.85. The molecule has 0 fully saturated rings. The van der Waals surface area contributed by atoms with Gasteiger partial charge in [-0.3, -0.25) is 9.98 Å². The number of fused-ring (bicyclic) bond motifs is 1. The summed E-state index contributed by atoms with van der Waals surface area (Å²) >= 11 is 0. The third-order valence-corrected chi connectivity index (χ3v) is 2.84. The van der Waals surface area contributed by atoms with Crippen LogP contribution in [0.25, 0.3) is 10.8 Å². The van der Waals surface area contributed by atoms with Gasteiger partial charge in [-0.2, -0.15) is 0 Å². The summed E-state index contributed by atoms with van der Waals surface area (Å²) in [5.74, 6) is 0. The van der Waals surface area contributed by atoms with E-state index in [9.17, 15) is 0 Å². The Morgan fingerprint density at radius 3 is 2.50 bits per heavy atom. The van der Waals surface area contributed by atoms with Gasteiger partial charge < -0.3 is 0 Å². The number of hydrogen-bond donors (Lipinski definition) is 0. The molecule has 0 N–H and O–H groups in total. The quantitative estimate of drug-likeness (QED) is 0.613. The average molecular weight is 232 g/mol. The first-order valence-electron chi connectivity index (χ1n) is 5.85. The van der Waals surface area contributed by atoms with E-state index in [-0.39, 0.29) is 0 Å². The number of aliphatic imine (C=N–C) groups is 1. The van der Waals surface area contributed by atoms with E-state index in [0.29, 0.717) is 0 Å². The lowest BCUT2D eigenvalue weighted by Gasteiger charge is -2.01. The van der Waals surface area contributed by atoms with Crippen LogP contribution >= 0.6 is 0 Å². The van der Waals surface area contributed by atoms with Crippen molar-refractivity contribution in [1.82, 2.24) is 4.98 Å². The van der Waals surface area contributed by atoms with E-state index in [1.165, 1.54) is 10.8 Å². The number of rotatable bonds is 2. The monoisotopic (exact) mass is 232 g/mol. The molecule has 1 heterocycles. The van der Waals surface area contributed by atoms with Gasteiger partial charge in [-0.1, -0.05) is 42.5 Å². The lowest BCUT2D eigenvalue weighted by molar-refractivity contribution is 1.32. The van der Waals surface area contributed by atoms with E-state index in [0.717, 1.165) is 11.3 Å². The molecule has 18 heavy (non-hydrogen) atoms. The summed E-state index contributed by atoms with van der Waals surface area (Å²) in [6, 6.07) is 18.3. The van der Waals surface area contributed by atoms with Crippen LogP contribution in [0.2, 0.25) is 0 Å². The smallest absolute Gasteiger partial charge is 0.0660 e. The molecule has 0 saturated heterocycles. The predicted molar refractivity (Wildman–Crippen MR) is 75.4 cm³/mol. The zero-order valence-electron chi connectivity index (χ0n) is 9.82. The van der Waals surface area contributed by atoms with Crippen molar-refractivity contribution < 1.29 is 0 Å². The van der Waals surface area contributed by atoms with Crippen molar-refractivity contribution in [3.8, 4) is 0 Å². The third kappa shape index (κ3) is 2.13. The van der Waals surface area contributed by atoms with Gasteiger partial charge in [0.1, 0.15) is 0 Å². The summed E-state index contributed by atoms with van der Waals surface area (Å²) in [5.41, 5.74) is 2.04. The summed E-state index contributed by atoms with van der Waals surface area (Å²) in [6.07, 6.45) is 5.39. The maximum absolute atomic E-state index is 4.46. The minimum Gasteiger partial charge on any atom is -0.265 e. The molecule has 2 nitrogen and oxygen atoms in total. The standard InChI is InChI=1S/C16H12N2/c1-2-7-16-13(4-1)5-3-6-14(16)12-18-15-8-10-17-11-9-15/h1-12H. The SMILES string of the molecule is C(=Nc1ccncc1)c1cccc2ccccc12. The van der Waals surface area contributed by atoms with Crippen molar-refractivity contribution in [2.45, 2.75) is 0 Å². The van der Waals surface area contributed by atoms with Crippen LogP contribution in [0.3, 0.4) is 0 Å². The van der Waals surface area contributed by atoms with Gasteiger partial charge in [0.2, 0.25) is 0 Å². The molecule has 1 aromatic heterocycles. The van der Waals surface area contributed by atoms with Crippen molar-refractivity contribution in [3.63, 3.8) is 0 Å². The first kappa shape index (κ1) is 10.7. The van der Waals surface area contributed by atoms with Gasteiger partial charge in [0.25, 0.3) is 0 Å². The molecule has 86 valence electrons. The zero-order valence-corrected chi connectivity index (χ0v) is 9.82. The van der Waals surface area contributed by atoms with E-state index in [1.807, 2.05) is 30.5 Å². The van der Waals surface area contributed by atoms with Gasteiger partial charge >= 0.3 is 0 Å². The average Bonchev–Trinajstić information content (AvgIpc) is 2.46. The molecule has 0 amide bonds. The van der Waals surface area contributed by atoms with Gasteiger partial charge in [0, 0.05) is 24.2 Å². The van der Waals surface area contributed by atoms with Gasteiger partial charge in [-0.25, -0.2) is 0 Å². The fourth-order valence-corrected chi connectivity index (χ4v) is 1.94. The molecule has 0 aliphatic carbocycles. The molecule has 3 aromatic rings. The molecule has 0 aliphatic rings. The van der Waals surface area contributed by atoms with Gasteiger partial charge in [-0.15, -0.1) is 0 Å². The summed E-state index contributed by atoms with van der Waals surface area (Å²) in [7, 11) is 0. The Morgan fingerprint density at radius 2 is 1.61 bits per heavy atom.